The molecule has 0 aromatic rings. The highest BCUT2D eigenvalue weighted by Gasteiger charge is 2.65. The third kappa shape index (κ3) is 6.67. The molecule has 2 N–H and O–H groups in total. The van der Waals surface area contributed by atoms with E-state index in [0.717, 1.165) is 35.2 Å². The van der Waals surface area contributed by atoms with Gasteiger partial charge in [0.15, 0.2) is 0 Å². The van der Waals surface area contributed by atoms with E-state index in [9.17, 15) is 0 Å². The number of nitrogens with two attached hydrogens (primary N) is 1. The van der Waals surface area contributed by atoms with Crippen LogP contribution in [-0.4, -0.2) is 5.54 Å². The van der Waals surface area contributed by atoms with Gasteiger partial charge in [0.2, 0.25) is 0 Å². The number of hydrogen-bond acceptors (Lipinski definition) is 1. The van der Waals surface area contributed by atoms with Crippen molar-refractivity contribution in [2.24, 2.45) is 46.2 Å². The van der Waals surface area contributed by atoms with Gasteiger partial charge in [-0.15, -0.1) is 6.42 Å². The molecular formula is C36H63N. The zero-order chi connectivity index (χ0) is 28.4. The topological polar surface area (TPSA) is 26.0 Å². The number of hydrogen-bond donors (Lipinski definition) is 1. The van der Waals surface area contributed by atoms with Crippen molar-refractivity contribution in [1.29, 1.82) is 0 Å². The van der Waals surface area contributed by atoms with E-state index in [2.05, 4.69) is 46.8 Å². The molecule has 8 atom stereocenters. The lowest BCUT2D eigenvalue weighted by Gasteiger charge is -2.65. The van der Waals surface area contributed by atoms with Crippen LogP contribution in [0.5, 0.6) is 0 Å². The fourth-order valence-corrected chi connectivity index (χ4v) is 9.12. The number of terminal acetylenes is 1. The van der Waals surface area contributed by atoms with Gasteiger partial charge in [-0.2, -0.15) is 0 Å². The van der Waals surface area contributed by atoms with Crippen LogP contribution >= 0.6 is 0 Å². The molecule has 4 saturated carbocycles. The molecule has 0 spiro atoms. The second-order valence-electron chi connectivity index (χ2n) is 12.5. The van der Waals surface area contributed by atoms with Gasteiger partial charge in [-0.1, -0.05) is 105 Å². The van der Waals surface area contributed by atoms with Gasteiger partial charge >= 0.3 is 0 Å². The normalized spacial score (nSPS) is 39.8. The molecule has 0 bridgehead atoms. The van der Waals surface area contributed by atoms with Crippen molar-refractivity contribution in [3.8, 4) is 12.3 Å². The second-order valence-corrected chi connectivity index (χ2v) is 12.5. The van der Waals surface area contributed by atoms with Gasteiger partial charge < -0.3 is 5.73 Å². The van der Waals surface area contributed by atoms with Crippen molar-refractivity contribution in [3.05, 3.63) is 36.5 Å². The first kappa shape index (κ1) is 33.8. The van der Waals surface area contributed by atoms with Crippen molar-refractivity contribution < 1.29 is 0 Å². The third-order valence-corrected chi connectivity index (χ3v) is 10.9. The van der Waals surface area contributed by atoms with E-state index in [1.165, 1.54) is 76.2 Å². The maximum absolute atomic E-state index is 7.47. The van der Waals surface area contributed by atoms with Crippen molar-refractivity contribution in [2.45, 2.75) is 138 Å². The highest BCUT2D eigenvalue weighted by atomic mass is 14.9. The van der Waals surface area contributed by atoms with Crippen LogP contribution in [0.4, 0.5) is 0 Å². The van der Waals surface area contributed by atoms with E-state index < -0.39 is 0 Å². The van der Waals surface area contributed by atoms with Gasteiger partial charge in [-0.05, 0) is 105 Å². The Kier molecular flexibility index (Phi) is 13.5. The largest absolute Gasteiger partial charge is 0.325 e. The Bertz CT molecular complexity index is 798. The van der Waals surface area contributed by atoms with Crippen LogP contribution in [0.15, 0.2) is 36.5 Å². The minimum Gasteiger partial charge on any atom is -0.325 e. The predicted molar refractivity (Wildman–Crippen MR) is 167 cm³/mol. The summed E-state index contributed by atoms with van der Waals surface area (Å²) < 4.78 is 0. The smallest absolute Gasteiger partial charge is 0.0222 e. The molecule has 0 heterocycles. The van der Waals surface area contributed by atoms with Crippen LogP contribution in [0.1, 0.15) is 133 Å². The van der Waals surface area contributed by atoms with E-state index in [4.69, 9.17) is 12.2 Å². The average Bonchev–Trinajstić information content (AvgIpc) is 3.27. The lowest BCUT2D eigenvalue weighted by molar-refractivity contribution is -0.129. The summed E-state index contributed by atoms with van der Waals surface area (Å²) in [6, 6.07) is 0. The summed E-state index contributed by atoms with van der Waals surface area (Å²) in [5.41, 5.74) is 10.9. The predicted octanol–water partition coefficient (Wildman–Crippen LogP) is 10.5. The molecule has 8 unspecified atom stereocenters. The highest BCUT2D eigenvalue weighted by molar-refractivity contribution is 5.33. The van der Waals surface area contributed by atoms with Gasteiger partial charge in [0.25, 0.3) is 0 Å². The molecule has 4 rings (SSSR count). The van der Waals surface area contributed by atoms with Crippen LogP contribution in [0.25, 0.3) is 0 Å². The Labute approximate surface area is 233 Å². The first-order valence-electron chi connectivity index (χ1n) is 15.8. The Balaban J connectivity index is 0.000000535. The van der Waals surface area contributed by atoms with E-state index in [1.807, 2.05) is 40.7 Å². The fraction of sp³-hybridized carbons (Fsp3) is 0.778. The van der Waals surface area contributed by atoms with Gasteiger partial charge in [0, 0.05) is 11.1 Å². The van der Waals surface area contributed by atoms with Gasteiger partial charge in [0.1, 0.15) is 0 Å². The summed E-state index contributed by atoms with van der Waals surface area (Å²) in [6.07, 6.45) is 23.4. The summed E-state index contributed by atoms with van der Waals surface area (Å²) in [6.45, 7) is 27.9. The number of fused-ring (bicyclic) bond motifs is 5. The summed E-state index contributed by atoms with van der Waals surface area (Å²) in [5, 5.41) is 0. The van der Waals surface area contributed by atoms with Crippen molar-refractivity contribution in [1.82, 2.24) is 0 Å². The number of allylic oxidation sites excluding steroid dienone is 4. The molecule has 212 valence electrons. The quantitative estimate of drug-likeness (QED) is 0.227. The lowest BCUT2D eigenvalue weighted by atomic mass is 9.41. The Morgan fingerprint density at radius 2 is 1.57 bits per heavy atom. The SMILES string of the molecule is C#C/C(C=C)=C/C.C=C(CCC)C1CCC2C1(C)CCC1C3(C)CCC(C)CC3CCC12N.CC.CC. The standard InChI is InChI=1S/C25H43N.C7H8.2C2H6/c1-6-7-18(3)20-8-9-21-24(20,5)14-12-22-23(4)13-10-17(2)16-19(23)11-15-25(21,22)26;1-4-7(5-2)6-3;2*1-2/h17,19-22H,3,6-16,26H2,1-2,4-5H3;1,5-6H,2H2,3H3;2*1-2H3/b;7-6-;;. The molecule has 0 radical (unpaired) electrons. The van der Waals surface area contributed by atoms with Crippen molar-refractivity contribution in [3.63, 3.8) is 0 Å². The Hall–Kier alpha value is -1.26. The van der Waals surface area contributed by atoms with Crippen LogP contribution < -0.4 is 5.73 Å². The number of rotatable bonds is 4. The molecule has 4 aliphatic rings. The van der Waals surface area contributed by atoms with Crippen LogP contribution in [0, 0.1) is 52.8 Å². The highest BCUT2D eigenvalue weighted by Crippen LogP contribution is 2.69. The van der Waals surface area contributed by atoms with Crippen LogP contribution in [0.3, 0.4) is 0 Å². The summed E-state index contributed by atoms with van der Waals surface area (Å²) in [7, 11) is 0. The zero-order valence-corrected chi connectivity index (χ0v) is 26.4. The molecule has 0 amide bonds. The summed E-state index contributed by atoms with van der Waals surface area (Å²) in [4.78, 5) is 0. The monoisotopic (exact) mass is 509 g/mol. The van der Waals surface area contributed by atoms with Gasteiger partial charge in [-0.25, -0.2) is 0 Å². The van der Waals surface area contributed by atoms with E-state index in [0.29, 0.717) is 10.8 Å². The maximum Gasteiger partial charge on any atom is 0.0222 e. The van der Waals surface area contributed by atoms with E-state index in [-0.39, 0.29) is 5.54 Å². The average molecular weight is 510 g/mol. The molecular weight excluding hydrogens is 446 g/mol. The Morgan fingerprint density at radius 3 is 2.08 bits per heavy atom. The van der Waals surface area contributed by atoms with Crippen molar-refractivity contribution in [2.75, 3.05) is 0 Å². The van der Waals surface area contributed by atoms with Gasteiger partial charge in [-0.3, -0.25) is 0 Å². The van der Waals surface area contributed by atoms with E-state index in [1.54, 1.807) is 6.08 Å². The van der Waals surface area contributed by atoms with Gasteiger partial charge in [0.05, 0.1) is 0 Å². The first-order chi connectivity index (χ1) is 17.6. The molecule has 0 aromatic heterocycles. The third-order valence-electron chi connectivity index (χ3n) is 10.9. The van der Waals surface area contributed by atoms with Crippen molar-refractivity contribution >= 4 is 0 Å². The zero-order valence-electron chi connectivity index (χ0n) is 26.4. The van der Waals surface area contributed by atoms with E-state index >= 15 is 0 Å². The summed E-state index contributed by atoms with van der Waals surface area (Å²) in [5.74, 6) is 6.53. The fourth-order valence-electron chi connectivity index (χ4n) is 9.12. The molecule has 1 nitrogen and oxygen atoms in total. The maximum atomic E-state index is 7.47. The Morgan fingerprint density at radius 1 is 0.973 bits per heavy atom. The molecule has 0 saturated heterocycles. The second kappa shape index (κ2) is 14.8. The lowest BCUT2D eigenvalue weighted by Crippen LogP contribution is -2.68. The molecule has 37 heavy (non-hydrogen) atoms. The first-order valence-corrected chi connectivity index (χ1v) is 15.8. The molecule has 0 aromatic carbocycles. The molecule has 4 aliphatic carbocycles. The van der Waals surface area contributed by atoms with Crippen LogP contribution in [0.2, 0.25) is 0 Å². The minimum absolute atomic E-state index is 0.0973. The molecule has 0 aliphatic heterocycles. The molecule has 1 heteroatoms. The molecule has 4 fully saturated rings. The minimum atomic E-state index is 0.0973. The summed E-state index contributed by atoms with van der Waals surface area (Å²) >= 11 is 0. The van der Waals surface area contributed by atoms with Crippen LogP contribution in [-0.2, 0) is 0 Å².